The Labute approximate surface area is 170 Å². The lowest BCUT2D eigenvalue weighted by atomic mass is 10.1. The summed E-state index contributed by atoms with van der Waals surface area (Å²) in [5.41, 5.74) is 4.11. The fourth-order valence-corrected chi connectivity index (χ4v) is 2.84. The Morgan fingerprint density at radius 2 is 1.66 bits per heavy atom. The second-order valence-electron chi connectivity index (χ2n) is 6.74. The molecule has 29 heavy (non-hydrogen) atoms. The summed E-state index contributed by atoms with van der Waals surface area (Å²) in [5.74, 6) is 0.000284. The number of hydrogen-bond donors (Lipinski definition) is 2. The highest BCUT2D eigenvalue weighted by Crippen LogP contribution is 2.15. The molecule has 2 N–H and O–H groups in total. The Hall–Kier alpha value is -3.67. The van der Waals surface area contributed by atoms with E-state index in [4.69, 9.17) is 0 Å². The standard InChI is InChI=1S/C23H24N4O2/c1-17-7-6-8-20(25-17)16-24-23(29)26-19-13-11-18(12-14-19)15-22(28)27(2)21-9-4-3-5-10-21/h3-14H,15-16H2,1-2H3,(H2,24,26,29). The Bertz CT molecular complexity index is 972. The van der Waals surface area contributed by atoms with Gasteiger partial charge in [-0.25, -0.2) is 4.79 Å². The van der Waals surface area contributed by atoms with E-state index in [0.717, 1.165) is 22.6 Å². The van der Waals surface area contributed by atoms with Crippen molar-refractivity contribution in [2.45, 2.75) is 19.9 Å². The molecule has 1 heterocycles. The number of carbonyl (C=O) groups excluding carboxylic acids is 2. The van der Waals surface area contributed by atoms with Crippen molar-refractivity contribution in [2.24, 2.45) is 0 Å². The SMILES string of the molecule is Cc1cccc(CNC(=O)Nc2ccc(CC(=O)N(C)c3ccccc3)cc2)n1. The number of hydrogen-bond acceptors (Lipinski definition) is 3. The van der Waals surface area contributed by atoms with E-state index >= 15 is 0 Å². The molecule has 0 radical (unpaired) electrons. The van der Waals surface area contributed by atoms with Crippen LogP contribution in [0.4, 0.5) is 16.2 Å². The average Bonchev–Trinajstić information content (AvgIpc) is 2.74. The molecular weight excluding hydrogens is 364 g/mol. The number of nitrogens with one attached hydrogen (secondary N) is 2. The topological polar surface area (TPSA) is 74.3 Å². The zero-order chi connectivity index (χ0) is 20.6. The lowest BCUT2D eigenvalue weighted by Crippen LogP contribution is -2.28. The highest BCUT2D eigenvalue weighted by atomic mass is 16.2. The minimum atomic E-state index is -0.305. The van der Waals surface area contributed by atoms with E-state index < -0.39 is 0 Å². The maximum Gasteiger partial charge on any atom is 0.319 e. The molecule has 6 nitrogen and oxygen atoms in total. The Balaban J connectivity index is 1.50. The van der Waals surface area contributed by atoms with Gasteiger partial charge in [0.25, 0.3) is 0 Å². The van der Waals surface area contributed by atoms with E-state index in [1.165, 1.54) is 0 Å². The molecule has 3 amide bonds. The van der Waals surface area contributed by atoms with Gasteiger partial charge in [0.1, 0.15) is 0 Å². The lowest BCUT2D eigenvalue weighted by molar-refractivity contribution is -0.117. The van der Waals surface area contributed by atoms with Crippen LogP contribution in [0.3, 0.4) is 0 Å². The summed E-state index contributed by atoms with van der Waals surface area (Å²) in [6.45, 7) is 2.26. The molecule has 0 spiro atoms. The van der Waals surface area contributed by atoms with Gasteiger partial charge < -0.3 is 15.5 Å². The molecule has 2 aromatic carbocycles. The first-order valence-electron chi connectivity index (χ1n) is 9.39. The second-order valence-corrected chi connectivity index (χ2v) is 6.74. The number of pyridine rings is 1. The Kier molecular flexibility index (Phi) is 6.58. The number of rotatable bonds is 6. The number of amides is 3. The van der Waals surface area contributed by atoms with Gasteiger partial charge in [0.2, 0.25) is 5.91 Å². The van der Waals surface area contributed by atoms with E-state index in [2.05, 4.69) is 15.6 Å². The summed E-state index contributed by atoms with van der Waals surface area (Å²) < 4.78 is 0. The van der Waals surface area contributed by atoms with Gasteiger partial charge >= 0.3 is 6.03 Å². The molecule has 0 unspecified atom stereocenters. The van der Waals surface area contributed by atoms with Gasteiger partial charge in [0.15, 0.2) is 0 Å². The molecule has 0 aliphatic carbocycles. The predicted molar refractivity (Wildman–Crippen MR) is 115 cm³/mol. The number of urea groups is 1. The molecule has 0 saturated heterocycles. The molecule has 6 heteroatoms. The molecule has 1 aromatic heterocycles. The van der Waals surface area contributed by atoms with E-state index in [1.54, 1.807) is 24.1 Å². The molecule has 3 rings (SSSR count). The number of carbonyl (C=O) groups is 2. The van der Waals surface area contributed by atoms with Crippen LogP contribution in [0.1, 0.15) is 17.0 Å². The summed E-state index contributed by atoms with van der Waals surface area (Å²) in [5, 5.41) is 5.56. The van der Waals surface area contributed by atoms with E-state index in [1.807, 2.05) is 67.6 Å². The minimum absolute atomic E-state index is 0.000284. The van der Waals surface area contributed by atoms with Crippen LogP contribution in [0.25, 0.3) is 0 Å². The van der Waals surface area contributed by atoms with E-state index in [0.29, 0.717) is 12.2 Å². The number of aryl methyl sites for hydroxylation is 1. The molecule has 0 bridgehead atoms. The average molecular weight is 388 g/mol. The van der Waals surface area contributed by atoms with Gasteiger partial charge in [-0.3, -0.25) is 9.78 Å². The summed E-state index contributed by atoms with van der Waals surface area (Å²) in [7, 11) is 1.76. The number of aromatic nitrogens is 1. The van der Waals surface area contributed by atoms with Crippen LogP contribution in [0.2, 0.25) is 0 Å². The number of anilines is 2. The number of benzene rings is 2. The van der Waals surface area contributed by atoms with Gasteiger partial charge in [0.05, 0.1) is 18.7 Å². The molecule has 0 atom stereocenters. The maximum absolute atomic E-state index is 12.5. The first-order chi connectivity index (χ1) is 14.0. The van der Waals surface area contributed by atoms with Crippen LogP contribution in [0.5, 0.6) is 0 Å². The third kappa shape index (κ3) is 5.90. The van der Waals surface area contributed by atoms with Crippen LogP contribution in [0, 0.1) is 6.92 Å². The smallest absolute Gasteiger partial charge is 0.319 e. The van der Waals surface area contributed by atoms with Crippen LogP contribution in [-0.2, 0) is 17.8 Å². The summed E-state index contributed by atoms with van der Waals surface area (Å²) in [6, 6.07) is 22.2. The molecule has 0 aliphatic rings. The first-order valence-corrected chi connectivity index (χ1v) is 9.39. The lowest BCUT2D eigenvalue weighted by Gasteiger charge is -2.17. The van der Waals surface area contributed by atoms with Crippen LogP contribution in [-0.4, -0.2) is 24.0 Å². The van der Waals surface area contributed by atoms with Crippen molar-refractivity contribution in [3.63, 3.8) is 0 Å². The Morgan fingerprint density at radius 1 is 0.931 bits per heavy atom. The fraction of sp³-hybridized carbons (Fsp3) is 0.174. The van der Waals surface area contributed by atoms with Crippen molar-refractivity contribution < 1.29 is 9.59 Å². The van der Waals surface area contributed by atoms with E-state index in [9.17, 15) is 9.59 Å². The molecule has 0 fully saturated rings. The third-order valence-corrected chi connectivity index (χ3v) is 4.46. The van der Waals surface area contributed by atoms with Crippen molar-refractivity contribution in [3.8, 4) is 0 Å². The quantitative estimate of drug-likeness (QED) is 0.672. The highest BCUT2D eigenvalue weighted by Gasteiger charge is 2.11. The zero-order valence-corrected chi connectivity index (χ0v) is 16.6. The van der Waals surface area contributed by atoms with Crippen molar-refractivity contribution in [1.82, 2.24) is 10.3 Å². The van der Waals surface area contributed by atoms with Crippen molar-refractivity contribution in [2.75, 3.05) is 17.3 Å². The van der Waals surface area contributed by atoms with Crippen molar-refractivity contribution >= 4 is 23.3 Å². The molecule has 148 valence electrons. The van der Waals surface area contributed by atoms with Crippen LogP contribution < -0.4 is 15.5 Å². The first kappa shape index (κ1) is 20.1. The number of para-hydroxylation sites is 1. The van der Waals surface area contributed by atoms with Crippen LogP contribution >= 0.6 is 0 Å². The van der Waals surface area contributed by atoms with Gasteiger partial charge in [-0.1, -0.05) is 36.4 Å². The second kappa shape index (κ2) is 9.50. The highest BCUT2D eigenvalue weighted by molar-refractivity contribution is 5.94. The molecular formula is C23H24N4O2. The van der Waals surface area contributed by atoms with Crippen LogP contribution in [0.15, 0.2) is 72.8 Å². The third-order valence-electron chi connectivity index (χ3n) is 4.46. The van der Waals surface area contributed by atoms with Gasteiger partial charge in [-0.15, -0.1) is 0 Å². The number of nitrogens with zero attached hydrogens (tertiary/aromatic N) is 2. The van der Waals surface area contributed by atoms with Crippen molar-refractivity contribution in [1.29, 1.82) is 0 Å². The fourth-order valence-electron chi connectivity index (χ4n) is 2.84. The van der Waals surface area contributed by atoms with E-state index in [-0.39, 0.29) is 18.4 Å². The zero-order valence-electron chi connectivity index (χ0n) is 16.6. The maximum atomic E-state index is 12.5. The largest absolute Gasteiger partial charge is 0.332 e. The Morgan fingerprint density at radius 3 is 2.34 bits per heavy atom. The molecule has 0 aliphatic heterocycles. The van der Waals surface area contributed by atoms with Gasteiger partial charge in [-0.2, -0.15) is 0 Å². The summed E-state index contributed by atoms with van der Waals surface area (Å²) in [6.07, 6.45) is 0.289. The minimum Gasteiger partial charge on any atom is -0.332 e. The monoisotopic (exact) mass is 388 g/mol. The number of likely N-dealkylation sites (N-methyl/N-ethyl adjacent to an activating group) is 1. The summed E-state index contributed by atoms with van der Waals surface area (Å²) in [4.78, 5) is 30.5. The molecule has 3 aromatic rings. The van der Waals surface area contributed by atoms with Crippen molar-refractivity contribution in [3.05, 3.63) is 89.7 Å². The summed E-state index contributed by atoms with van der Waals surface area (Å²) >= 11 is 0. The predicted octanol–water partition coefficient (Wildman–Crippen LogP) is 3.92. The molecule has 0 saturated carbocycles. The van der Waals surface area contributed by atoms with Gasteiger partial charge in [-0.05, 0) is 48.9 Å². The normalized spacial score (nSPS) is 10.3. The van der Waals surface area contributed by atoms with Gasteiger partial charge in [0, 0.05) is 24.1 Å².